The van der Waals surface area contributed by atoms with Gasteiger partial charge in [0.15, 0.2) is 5.78 Å². The molecule has 2 rings (SSSR count). The van der Waals surface area contributed by atoms with Crippen molar-refractivity contribution in [2.24, 2.45) is 0 Å². The predicted octanol–water partition coefficient (Wildman–Crippen LogP) is 4.07. The van der Waals surface area contributed by atoms with Crippen molar-refractivity contribution >= 4 is 17.4 Å². The molecule has 0 amide bonds. The minimum Gasteiger partial charge on any atom is -0.294 e. The summed E-state index contributed by atoms with van der Waals surface area (Å²) in [5.74, 6) is 0.118. The summed E-state index contributed by atoms with van der Waals surface area (Å²) in [6.07, 6.45) is 0.392. The Morgan fingerprint density at radius 3 is 2.47 bits per heavy atom. The normalized spacial score (nSPS) is 10.2. The van der Waals surface area contributed by atoms with Gasteiger partial charge in [0.05, 0.1) is 0 Å². The van der Waals surface area contributed by atoms with Gasteiger partial charge >= 0.3 is 0 Å². The average molecular weight is 245 g/mol. The van der Waals surface area contributed by atoms with Crippen LogP contribution in [0.25, 0.3) is 0 Å². The van der Waals surface area contributed by atoms with Gasteiger partial charge in [-0.15, -0.1) is 0 Å². The summed E-state index contributed by atoms with van der Waals surface area (Å²) in [4.78, 5) is 12.0. The Kier molecular flexibility index (Phi) is 3.60. The number of benzene rings is 2. The predicted molar refractivity (Wildman–Crippen MR) is 70.7 cm³/mol. The molecule has 0 aromatic heterocycles. The first-order valence-corrected chi connectivity index (χ1v) is 5.87. The third-order valence-corrected chi connectivity index (χ3v) is 2.86. The number of carbonyl (C=O) groups is 1. The van der Waals surface area contributed by atoms with E-state index in [1.807, 2.05) is 49.4 Å². The summed E-state index contributed by atoms with van der Waals surface area (Å²) in [6, 6.07) is 15.0. The van der Waals surface area contributed by atoms with E-state index in [-0.39, 0.29) is 5.78 Å². The van der Waals surface area contributed by atoms with Crippen molar-refractivity contribution in [1.29, 1.82) is 0 Å². The maximum atomic E-state index is 12.0. The van der Waals surface area contributed by atoms with Gasteiger partial charge in [0, 0.05) is 17.0 Å². The molecule has 1 nitrogen and oxygen atoms in total. The van der Waals surface area contributed by atoms with E-state index in [1.54, 1.807) is 6.07 Å². The van der Waals surface area contributed by atoms with Crippen LogP contribution in [0.2, 0.25) is 5.02 Å². The summed E-state index contributed by atoms with van der Waals surface area (Å²) >= 11 is 5.88. The molecule has 0 saturated heterocycles. The van der Waals surface area contributed by atoms with Crippen LogP contribution in [0.4, 0.5) is 0 Å². The number of aryl methyl sites for hydroxylation is 1. The van der Waals surface area contributed by atoms with E-state index in [1.165, 1.54) is 0 Å². The Morgan fingerprint density at radius 1 is 1.12 bits per heavy atom. The van der Waals surface area contributed by atoms with Crippen molar-refractivity contribution in [3.05, 3.63) is 70.2 Å². The van der Waals surface area contributed by atoms with E-state index in [2.05, 4.69) is 0 Å². The zero-order valence-corrected chi connectivity index (χ0v) is 10.4. The largest absolute Gasteiger partial charge is 0.294 e. The molecule has 0 aliphatic rings. The third-order valence-electron chi connectivity index (χ3n) is 2.63. The van der Waals surface area contributed by atoms with Gasteiger partial charge in [-0.3, -0.25) is 4.79 Å². The number of halogens is 1. The summed E-state index contributed by atoms with van der Waals surface area (Å²) < 4.78 is 0. The van der Waals surface area contributed by atoms with Crippen LogP contribution < -0.4 is 0 Å². The molecule has 0 radical (unpaired) electrons. The fourth-order valence-electron chi connectivity index (χ4n) is 1.67. The quantitative estimate of drug-likeness (QED) is 0.744. The summed E-state index contributed by atoms with van der Waals surface area (Å²) in [6.45, 7) is 2.01. The molecule has 0 aliphatic heterocycles. The Hall–Kier alpha value is -1.60. The minimum absolute atomic E-state index is 0.118. The van der Waals surface area contributed by atoms with Gasteiger partial charge in [0.2, 0.25) is 0 Å². The Balaban J connectivity index is 2.14. The highest BCUT2D eigenvalue weighted by Crippen LogP contribution is 2.13. The van der Waals surface area contributed by atoms with Gasteiger partial charge in [-0.25, -0.2) is 0 Å². The van der Waals surface area contributed by atoms with E-state index in [4.69, 9.17) is 11.6 Å². The van der Waals surface area contributed by atoms with Gasteiger partial charge in [-0.1, -0.05) is 53.6 Å². The van der Waals surface area contributed by atoms with Crippen LogP contribution in [-0.4, -0.2) is 5.78 Å². The molecule has 2 heteroatoms. The first kappa shape index (κ1) is 11.9. The highest BCUT2D eigenvalue weighted by Gasteiger charge is 2.06. The van der Waals surface area contributed by atoms with Crippen molar-refractivity contribution in [1.82, 2.24) is 0 Å². The van der Waals surface area contributed by atoms with E-state index in [0.717, 1.165) is 16.7 Å². The number of Topliss-reactive ketones (excluding diaryl/α,β-unsaturated/α-hetero) is 1. The summed E-state index contributed by atoms with van der Waals surface area (Å²) in [5.41, 5.74) is 2.85. The van der Waals surface area contributed by atoms with Crippen LogP contribution in [0, 0.1) is 6.92 Å². The van der Waals surface area contributed by atoms with Crippen molar-refractivity contribution in [3.63, 3.8) is 0 Å². The molecule has 86 valence electrons. The molecule has 0 N–H and O–H groups in total. The molecular weight excluding hydrogens is 232 g/mol. The van der Waals surface area contributed by atoms with Gasteiger partial charge in [-0.2, -0.15) is 0 Å². The zero-order valence-electron chi connectivity index (χ0n) is 9.61. The van der Waals surface area contributed by atoms with E-state index in [9.17, 15) is 4.79 Å². The molecular formula is C15H13ClO. The SMILES string of the molecule is Cc1ccc(C(=O)Cc2cccc(Cl)c2)cc1. The lowest BCUT2D eigenvalue weighted by atomic mass is 10.0. The lowest BCUT2D eigenvalue weighted by molar-refractivity contribution is 0.0993. The van der Waals surface area contributed by atoms with Crippen molar-refractivity contribution in [3.8, 4) is 0 Å². The fourth-order valence-corrected chi connectivity index (χ4v) is 1.89. The van der Waals surface area contributed by atoms with Crippen molar-refractivity contribution in [2.45, 2.75) is 13.3 Å². The number of carbonyl (C=O) groups excluding carboxylic acids is 1. The van der Waals surface area contributed by atoms with Crippen LogP contribution >= 0.6 is 11.6 Å². The zero-order chi connectivity index (χ0) is 12.3. The Morgan fingerprint density at radius 2 is 1.82 bits per heavy atom. The average Bonchev–Trinajstić information content (AvgIpc) is 2.29. The molecule has 0 bridgehead atoms. The number of rotatable bonds is 3. The van der Waals surface area contributed by atoms with Gasteiger partial charge < -0.3 is 0 Å². The summed E-state index contributed by atoms with van der Waals surface area (Å²) in [7, 11) is 0. The van der Waals surface area contributed by atoms with Crippen LogP contribution in [-0.2, 0) is 6.42 Å². The molecule has 0 saturated carbocycles. The number of ketones is 1. The third kappa shape index (κ3) is 3.18. The van der Waals surface area contributed by atoms with E-state index in [0.29, 0.717) is 11.4 Å². The first-order valence-electron chi connectivity index (χ1n) is 5.49. The Bertz CT molecular complexity index is 529. The monoisotopic (exact) mass is 244 g/mol. The lowest BCUT2D eigenvalue weighted by Gasteiger charge is -2.02. The molecule has 0 fully saturated rings. The van der Waals surface area contributed by atoms with Crippen LogP contribution in [0.1, 0.15) is 21.5 Å². The van der Waals surface area contributed by atoms with Crippen LogP contribution in [0.5, 0.6) is 0 Å². The fraction of sp³-hybridized carbons (Fsp3) is 0.133. The maximum absolute atomic E-state index is 12.0. The number of hydrogen-bond donors (Lipinski definition) is 0. The molecule has 0 unspecified atom stereocenters. The molecule has 0 spiro atoms. The molecule has 2 aromatic carbocycles. The van der Waals surface area contributed by atoms with Crippen molar-refractivity contribution in [2.75, 3.05) is 0 Å². The summed E-state index contributed by atoms with van der Waals surface area (Å²) in [5, 5.41) is 0.666. The Labute approximate surface area is 106 Å². The van der Waals surface area contributed by atoms with Crippen molar-refractivity contribution < 1.29 is 4.79 Å². The van der Waals surface area contributed by atoms with Gasteiger partial charge in [0.1, 0.15) is 0 Å². The lowest BCUT2D eigenvalue weighted by Crippen LogP contribution is -2.03. The molecule has 17 heavy (non-hydrogen) atoms. The van der Waals surface area contributed by atoms with E-state index < -0.39 is 0 Å². The number of hydrogen-bond acceptors (Lipinski definition) is 1. The standard InChI is InChI=1S/C15H13ClO/c1-11-5-7-13(8-6-11)15(17)10-12-3-2-4-14(16)9-12/h2-9H,10H2,1H3. The first-order chi connectivity index (χ1) is 8.15. The van der Waals surface area contributed by atoms with Crippen LogP contribution in [0.15, 0.2) is 48.5 Å². The smallest absolute Gasteiger partial charge is 0.167 e. The van der Waals surface area contributed by atoms with Crippen LogP contribution in [0.3, 0.4) is 0 Å². The second-order valence-electron chi connectivity index (χ2n) is 4.10. The topological polar surface area (TPSA) is 17.1 Å². The molecule has 0 aliphatic carbocycles. The molecule has 2 aromatic rings. The molecule has 0 atom stereocenters. The molecule has 0 heterocycles. The second-order valence-corrected chi connectivity index (χ2v) is 4.53. The highest BCUT2D eigenvalue weighted by molar-refractivity contribution is 6.30. The highest BCUT2D eigenvalue weighted by atomic mass is 35.5. The second kappa shape index (κ2) is 5.15. The van der Waals surface area contributed by atoms with Gasteiger partial charge in [0.25, 0.3) is 0 Å². The van der Waals surface area contributed by atoms with E-state index >= 15 is 0 Å². The minimum atomic E-state index is 0.118. The van der Waals surface area contributed by atoms with Gasteiger partial charge in [-0.05, 0) is 24.6 Å². The maximum Gasteiger partial charge on any atom is 0.167 e.